The van der Waals surface area contributed by atoms with E-state index >= 15 is 0 Å². The highest BCUT2D eigenvalue weighted by atomic mass is 32.1. The van der Waals surface area contributed by atoms with Crippen molar-refractivity contribution >= 4 is 99.2 Å². The lowest BCUT2D eigenvalue weighted by Crippen LogP contribution is -1.76. The Bertz CT molecular complexity index is 2590. The molecule has 0 atom stereocenters. The second kappa shape index (κ2) is 12.1. The number of benzene rings is 4. The molecule has 0 aliphatic heterocycles. The molecule has 0 unspecified atom stereocenters. The molecule has 10 rings (SSSR count). The van der Waals surface area contributed by atoms with Crippen molar-refractivity contribution in [2.45, 2.75) is 0 Å². The van der Waals surface area contributed by atoms with E-state index in [1.807, 2.05) is 60.7 Å². The largest absolute Gasteiger partial charge is 0.235 e. The molecule has 0 saturated heterocycles. The lowest BCUT2D eigenvalue weighted by atomic mass is 10.1. The summed E-state index contributed by atoms with van der Waals surface area (Å²) in [5, 5.41) is 4.18. The molecule has 4 aromatic carbocycles. The van der Waals surface area contributed by atoms with Crippen LogP contribution in [-0.2, 0) is 0 Å². The number of thiazole rings is 2. The van der Waals surface area contributed by atoms with Crippen molar-refractivity contribution in [1.82, 2.24) is 9.97 Å². The average Bonchev–Trinajstić information content (AvgIpc) is 3.98. The zero-order valence-electron chi connectivity index (χ0n) is 25.6. The standard InChI is InChI=1S/C40H20F2N2S6/c41-25-19-35(47-37(25)21-7-3-1-4-8-21)29-11-13-31(45-29)39-43-27-15-23-18-34-28(16-24(23)17-33(27)49-39)44-40(50-34)32-14-12-30(46-32)36-20-26(42)38(48-36)22-9-5-2-6-10-22/h1-20H. The first-order valence-electron chi connectivity index (χ1n) is 15.6. The molecule has 240 valence electrons. The SMILES string of the molecule is Fc1cc(-c2ccc(-c3nc4cc5cc6sc(-c7ccc(-c8cc(F)c(-c9ccccc9)s8)s7)nc6cc5cc4s3)s2)sc1-c1ccccc1. The van der Waals surface area contributed by atoms with Crippen LogP contribution in [0.4, 0.5) is 8.78 Å². The third kappa shape index (κ3) is 5.35. The van der Waals surface area contributed by atoms with Gasteiger partial charge in [-0.3, -0.25) is 0 Å². The molecular formula is C40H20F2N2S6. The van der Waals surface area contributed by atoms with Gasteiger partial charge in [0.1, 0.15) is 21.6 Å². The highest BCUT2D eigenvalue weighted by Crippen LogP contribution is 2.46. The molecule has 0 saturated carbocycles. The van der Waals surface area contributed by atoms with Gasteiger partial charge in [0, 0.05) is 19.5 Å². The first-order valence-corrected chi connectivity index (χ1v) is 20.5. The van der Waals surface area contributed by atoms with Crippen molar-refractivity contribution in [3.8, 4) is 60.2 Å². The Kier molecular flexibility index (Phi) is 7.37. The monoisotopic (exact) mass is 758 g/mol. The second-order valence-electron chi connectivity index (χ2n) is 11.7. The molecule has 0 bridgehead atoms. The van der Waals surface area contributed by atoms with E-state index in [1.54, 1.807) is 57.5 Å². The summed E-state index contributed by atoms with van der Waals surface area (Å²) >= 11 is 9.61. The normalized spacial score (nSPS) is 11.8. The molecule has 0 fully saturated rings. The van der Waals surface area contributed by atoms with E-state index < -0.39 is 0 Å². The van der Waals surface area contributed by atoms with Crippen molar-refractivity contribution in [3.63, 3.8) is 0 Å². The van der Waals surface area contributed by atoms with Crippen molar-refractivity contribution in [2.75, 3.05) is 0 Å². The maximum atomic E-state index is 14.9. The quantitative estimate of drug-likeness (QED) is 0.169. The predicted molar refractivity (Wildman–Crippen MR) is 214 cm³/mol. The molecule has 6 aromatic heterocycles. The van der Waals surface area contributed by atoms with E-state index in [-0.39, 0.29) is 11.6 Å². The van der Waals surface area contributed by atoms with Gasteiger partial charge < -0.3 is 0 Å². The van der Waals surface area contributed by atoms with Gasteiger partial charge in [-0.25, -0.2) is 18.7 Å². The fraction of sp³-hybridized carbons (Fsp3) is 0. The second-order valence-corrected chi connectivity index (χ2v) is 18.0. The van der Waals surface area contributed by atoms with E-state index in [0.717, 1.165) is 81.6 Å². The van der Waals surface area contributed by atoms with E-state index in [1.165, 1.54) is 22.7 Å². The number of aromatic nitrogens is 2. The number of hydrogen-bond acceptors (Lipinski definition) is 8. The van der Waals surface area contributed by atoms with Crippen molar-refractivity contribution in [2.24, 2.45) is 0 Å². The number of hydrogen-bond donors (Lipinski definition) is 0. The van der Waals surface area contributed by atoms with Crippen LogP contribution >= 0.6 is 68.0 Å². The summed E-state index contributed by atoms with van der Waals surface area (Å²) in [7, 11) is 0. The van der Waals surface area contributed by atoms with Gasteiger partial charge in [0.2, 0.25) is 0 Å². The summed E-state index contributed by atoms with van der Waals surface area (Å²) in [5.74, 6) is -0.376. The van der Waals surface area contributed by atoms with Gasteiger partial charge in [-0.15, -0.1) is 68.0 Å². The van der Waals surface area contributed by atoms with Crippen molar-refractivity contribution in [1.29, 1.82) is 0 Å². The Labute approximate surface area is 308 Å². The molecule has 2 nitrogen and oxygen atoms in total. The molecule has 0 N–H and O–H groups in total. The molecule has 6 heterocycles. The highest BCUT2D eigenvalue weighted by molar-refractivity contribution is 7.29. The number of thiophene rings is 4. The van der Waals surface area contributed by atoms with Crippen molar-refractivity contribution in [3.05, 3.63) is 133 Å². The Hall–Kier alpha value is -4.42. The van der Waals surface area contributed by atoms with Gasteiger partial charge in [0.05, 0.1) is 39.9 Å². The van der Waals surface area contributed by atoms with Crippen LogP contribution in [-0.4, -0.2) is 9.97 Å². The van der Waals surface area contributed by atoms with E-state index in [0.29, 0.717) is 9.75 Å². The molecule has 10 aromatic rings. The highest BCUT2D eigenvalue weighted by Gasteiger charge is 2.18. The fourth-order valence-corrected chi connectivity index (χ4v) is 12.4. The van der Waals surface area contributed by atoms with Gasteiger partial charge >= 0.3 is 0 Å². The summed E-state index contributed by atoms with van der Waals surface area (Å²) in [6, 6.07) is 39.7. The van der Waals surface area contributed by atoms with Gasteiger partial charge in [0.25, 0.3) is 0 Å². The van der Waals surface area contributed by atoms with Gasteiger partial charge in [-0.1, -0.05) is 60.7 Å². The van der Waals surface area contributed by atoms with Crippen LogP contribution in [0.1, 0.15) is 0 Å². The summed E-state index contributed by atoms with van der Waals surface area (Å²) in [4.78, 5) is 17.4. The van der Waals surface area contributed by atoms with Crippen LogP contribution in [0.3, 0.4) is 0 Å². The van der Waals surface area contributed by atoms with Crippen LogP contribution in [0.2, 0.25) is 0 Å². The Morgan fingerprint density at radius 2 is 0.800 bits per heavy atom. The Balaban J connectivity index is 0.936. The minimum atomic E-state index is -0.188. The first-order chi connectivity index (χ1) is 24.5. The summed E-state index contributed by atoms with van der Waals surface area (Å²) in [5.41, 5.74) is 3.72. The zero-order chi connectivity index (χ0) is 33.3. The maximum Gasteiger partial charge on any atom is 0.142 e. The maximum absolute atomic E-state index is 14.9. The summed E-state index contributed by atoms with van der Waals surface area (Å²) in [6.45, 7) is 0. The predicted octanol–water partition coefficient (Wildman–Crippen LogP) is 14.6. The lowest BCUT2D eigenvalue weighted by molar-refractivity contribution is 0.636. The Morgan fingerprint density at radius 3 is 1.24 bits per heavy atom. The third-order valence-electron chi connectivity index (χ3n) is 8.42. The topological polar surface area (TPSA) is 25.8 Å². The van der Waals surface area contributed by atoms with Crippen LogP contribution < -0.4 is 0 Å². The lowest BCUT2D eigenvalue weighted by Gasteiger charge is -1.97. The zero-order valence-corrected chi connectivity index (χ0v) is 30.5. The first kappa shape index (κ1) is 30.4. The van der Waals surface area contributed by atoms with Crippen LogP contribution in [0.15, 0.2) is 121 Å². The van der Waals surface area contributed by atoms with Crippen LogP contribution in [0, 0.1) is 11.6 Å². The number of halogens is 2. The van der Waals surface area contributed by atoms with Crippen molar-refractivity contribution < 1.29 is 8.78 Å². The molecule has 0 amide bonds. The minimum absolute atomic E-state index is 0.188. The van der Waals surface area contributed by atoms with Crippen LogP contribution in [0.25, 0.3) is 91.4 Å². The number of fused-ring (bicyclic) bond motifs is 3. The van der Waals surface area contributed by atoms with E-state index in [4.69, 9.17) is 9.97 Å². The smallest absolute Gasteiger partial charge is 0.142 e. The molecule has 0 aliphatic rings. The molecule has 10 heteroatoms. The van der Waals surface area contributed by atoms with Gasteiger partial charge in [0.15, 0.2) is 0 Å². The fourth-order valence-electron chi connectivity index (χ4n) is 6.03. The van der Waals surface area contributed by atoms with Crippen LogP contribution in [0.5, 0.6) is 0 Å². The number of rotatable bonds is 6. The average molecular weight is 759 g/mol. The third-order valence-corrected chi connectivity index (χ3v) is 15.7. The van der Waals surface area contributed by atoms with E-state index in [2.05, 4.69) is 48.5 Å². The van der Waals surface area contributed by atoms with Gasteiger partial charge in [-0.05, 0) is 82.6 Å². The molecule has 0 radical (unpaired) electrons. The van der Waals surface area contributed by atoms with E-state index in [9.17, 15) is 8.78 Å². The minimum Gasteiger partial charge on any atom is -0.235 e. The molecule has 50 heavy (non-hydrogen) atoms. The Morgan fingerprint density at radius 1 is 0.380 bits per heavy atom. The molecular weight excluding hydrogens is 739 g/mol. The van der Waals surface area contributed by atoms with Gasteiger partial charge in [-0.2, -0.15) is 0 Å². The summed E-state index contributed by atoms with van der Waals surface area (Å²) < 4.78 is 32.0. The molecule has 0 aliphatic carbocycles. The number of nitrogens with zero attached hydrogens (tertiary/aromatic N) is 2. The summed E-state index contributed by atoms with van der Waals surface area (Å²) in [6.07, 6.45) is 0. The molecule has 0 spiro atoms.